The van der Waals surface area contributed by atoms with Crippen LogP contribution in [0.4, 0.5) is 31.0 Å². The van der Waals surface area contributed by atoms with Gasteiger partial charge in [0.2, 0.25) is 6.79 Å². The lowest BCUT2D eigenvalue weighted by Gasteiger charge is -2.38. The molecule has 3 atom stereocenters. The van der Waals surface area contributed by atoms with Gasteiger partial charge >= 0.3 is 12.1 Å². The van der Waals surface area contributed by atoms with E-state index in [0.29, 0.717) is 28.6 Å². The van der Waals surface area contributed by atoms with E-state index >= 15 is 0 Å². The molecule has 4 N–H and O–H groups in total. The lowest BCUT2D eigenvalue weighted by molar-refractivity contribution is 0.0371. The van der Waals surface area contributed by atoms with Crippen LogP contribution in [0.15, 0.2) is 60.7 Å². The minimum absolute atomic E-state index is 0.112. The number of likely N-dealkylation sites (N-methyl/N-ethyl adjacent to an activating group) is 1. The SMILES string of the molecule is C[C@H]1CN([C@@H](C)CO)C(=O)c2cc(NC(=O)Nc3ccc4c(c3)OCO4)ccc2O[C@@H]1CN(C)C(=O)Nc1ccc(F)cc1. The Morgan fingerprint density at radius 1 is 0.977 bits per heavy atom. The molecular formula is C31H34FN5O7. The summed E-state index contributed by atoms with van der Waals surface area (Å²) in [5.41, 5.74) is 1.47. The number of nitrogens with one attached hydrogen (secondary N) is 3. The van der Waals surface area contributed by atoms with Gasteiger partial charge in [0.05, 0.1) is 24.8 Å². The molecule has 232 valence electrons. The standard InChI is InChI=1S/C31H34FN5O7/c1-18-14-37(19(2)16-38)29(39)24-12-22(33-30(40)34-23-9-11-26-27(13-23)43-17-42-26)8-10-25(24)44-28(18)15-36(3)31(41)35-21-6-4-20(32)5-7-21/h4-13,18-19,28,38H,14-17H2,1-3H3,(H,35,41)(H2,33,34,40)/t18-,19-,28+/m0/s1. The molecule has 13 heteroatoms. The van der Waals surface area contributed by atoms with Gasteiger partial charge in [0, 0.05) is 42.6 Å². The molecule has 0 aromatic heterocycles. The number of amides is 5. The normalized spacial score (nSPS) is 17.8. The largest absolute Gasteiger partial charge is 0.487 e. The summed E-state index contributed by atoms with van der Waals surface area (Å²) in [6.07, 6.45) is -0.535. The van der Waals surface area contributed by atoms with Crippen LogP contribution in [-0.4, -0.2) is 78.6 Å². The molecule has 0 bridgehead atoms. The second-order valence-corrected chi connectivity index (χ2v) is 10.8. The zero-order chi connectivity index (χ0) is 31.4. The van der Waals surface area contributed by atoms with Crippen LogP contribution in [0, 0.1) is 11.7 Å². The molecule has 0 fully saturated rings. The highest BCUT2D eigenvalue weighted by molar-refractivity contribution is 6.02. The van der Waals surface area contributed by atoms with Crippen molar-refractivity contribution in [3.63, 3.8) is 0 Å². The number of rotatable bonds is 7. The second kappa shape index (κ2) is 13.1. The molecule has 0 aliphatic carbocycles. The summed E-state index contributed by atoms with van der Waals surface area (Å²) in [4.78, 5) is 42.4. The molecule has 0 saturated heterocycles. The molecule has 2 aliphatic rings. The van der Waals surface area contributed by atoms with E-state index in [-0.39, 0.29) is 49.6 Å². The van der Waals surface area contributed by atoms with E-state index in [4.69, 9.17) is 14.2 Å². The van der Waals surface area contributed by atoms with Crippen LogP contribution in [0.3, 0.4) is 0 Å². The molecule has 44 heavy (non-hydrogen) atoms. The number of nitrogens with zero attached hydrogens (tertiary/aromatic N) is 2. The summed E-state index contributed by atoms with van der Waals surface area (Å²) in [5, 5.41) is 18.1. The number of hydrogen-bond acceptors (Lipinski definition) is 7. The highest BCUT2D eigenvalue weighted by Gasteiger charge is 2.34. The fraction of sp³-hybridized carbons (Fsp3) is 0.323. The summed E-state index contributed by atoms with van der Waals surface area (Å²) in [6, 6.07) is 13.7. The van der Waals surface area contributed by atoms with Crippen molar-refractivity contribution in [3.05, 3.63) is 72.0 Å². The lowest BCUT2D eigenvalue weighted by Crippen LogP contribution is -2.50. The third-order valence-electron chi connectivity index (χ3n) is 7.45. The first kappa shape index (κ1) is 30.4. The van der Waals surface area contributed by atoms with Crippen molar-refractivity contribution in [3.8, 4) is 17.2 Å². The monoisotopic (exact) mass is 607 g/mol. The van der Waals surface area contributed by atoms with E-state index in [1.165, 1.54) is 35.2 Å². The number of fused-ring (bicyclic) bond motifs is 2. The zero-order valence-corrected chi connectivity index (χ0v) is 24.5. The van der Waals surface area contributed by atoms with Gasteiger partial charge in [0.15, 0.2) is 11.5 Å². The molecule has 0 spiro atoms. The van der Waals surface area contributed by atoms with Gasteiger partial charge in [-0.05, 0) is 61.5 Å². The van der Waals surface area contributed by atoms with E-state index < -0.39 is 30.0 Å². The quantitative estimate of drug-likeness (QED) is 0.308. The van der Waals surface area contributed by atoms with Gasteiger partial charge in [0.25, 0.3) is 5.91 Å². The Kier molecular flexibility index (Phi) is 9.04. The van der Waals surface area contributed by atoms with Gasteiger partial charge in [-0.1, -0.05) is 6.92 Å². The molecule has 3 aromatic carbocycles. The summed E-state index contributed by atoms with van der Waals surface area (Å²) in [6.45, 7) is 3.92. The number of anilines is 3. The van der Waals surface area contributed by atoms with E-state index in [2.05, 4.69) is 16.0 Å². The van der Waals surface area contributed by atoms with Crippen molar-refractivity contribution in [1.82, 2.24) is 9.80 Å². The minimum atomic E-state index is -0.538. The first-order valence-corrected chi connectivity index (χ1v) is 14.1. The number of aliphatic hydroxyl groups is 1. The van der Waals surface area contributed by atoms with Crippen LogP contribution in [0.25, 0.3) is 0 Å². The number of carbonyl (C=O) groups excluding carboxylic acids is 3. The van der Waals surface area contributed by atoms with Crippen LogP contribution >= 0.6 is 0 Å². The van der Waals surface area contributed by atoms with Crippen molar-refractivity contribution in [2.45, 2.75) is 26.0 Å². The van der Waals surface area contributed by atoms with Crippen LogP contribution in [0.2, 0.25) is 0 Å². The molecular weight excluding hydrogens is 573 g/mol. The Morgan fingerprint density at radius 3 is 2.32 bits per heavy atom. The molecule has 12 nitrogen and oxygen atoms in total. The van der Waals surface area contributed by atoms with Gasteiger partial charge < -0.3 is 45.1 Å². The number of carbonyl (C=O) groups is 3. The molecule has 5 rings (SSSR count). The Bertz CT molecular complexity index is 1540. The zero-order valence-electron chi connectivity index (χ0n) is 24.5. The maximum absolute atomic E-state index is 13.7. The van der Waals surface area contributed by atoms with Crippen LogP contribution in [-0.2, 0) is 0 Å². The van der Waals surface area contributed by atoms with Crippen molar-refractivity contribution in [2.75, 3.05) is 49.5 Å². The first-order chi connectivity index (χ1) is 21.1. The van der Waals surface area contributed by atoms with E-state index in [9.17, 15) is 23.9 Å². The van der Waals surface area contributed by atoms with E-state index in [1.54, 1.807) is 49.2 Å². The predicted molar refractivity (Wildman–Crippen MR) is 161 cm³/mol. The topological polar surface area (TPSA) is 142 Å². The maximum Gasteiger partial charge on any atom is 0.323 e. The number of urea groups is 2. The van der Waals surface area contributed by atoms with Gasteiger partial charge in [-0.15, -0.1) is 0 Å². The summed E-state index contributed by atoms with van der Waals surface area (Å²) in [5.74, 6) is 0.376. The Morgan fingerprint density at radius 2 is 1.61 bits per heavy atom. The molecule has 0 radical (unpaired) electrons. The molecule has 2 aliphatic heterocycles. The molecule has 0 saturated carbocycles. The number of ether oxygens (including phenoxy) is 3. The van der Waals surface area contributed by atoms with Gasteiger partial charge in [-0.3, -0.25) is 4.79 Å². The Balaban J connectivity index is 1.33. The minimum Gasteiger partial charge on any atom is -0.487 e. The Labute approximate surface area is 253 Å². The summed E-state index contributed by atoms with van der Waals surface area (Å²) < 4.78 is 30.2. The van der Waals surface area contributed by atoms with Crippen molar-refractivity contribution in [2.24, 2.45) is 5.92 Å². The van der Waals surface area contributed by atoms with Gasteiger partial charge in [-0.2, -0.15) is 0 Å². The molecule has 0 unspecified atom stereocenters. The average molecular weight is 608 g/mol. The second-order valence-electron chi connectivity index (χ2n) is 10.8. The van der Waals surface area contributed by atoms with E-state index in [1.807, 2.05) is 6.92 Å². The lowest BCUT2D eigenvalue weighted by atomic mass is 9.99. The maximum atomic E-state index is 13.7. The van der Waals surface area contributed by atoms with Crippen molar-refractivity contribution >= 4 is 35.0 Å². The smallest absolute Gasteiger partial charge is 0.323 e. The fourth-order valence-electron chi connectivity index (χ4n) is 4.89. The highest BCUT2D eigenvalue weighted by atomic mass is 19.1. The first-order valence-electron chi connectivity index (χ1n) is 14.1. The van der Waals surface area contributed by atoms with Crippen LogP contribution in [0.5, 0.6) is 17.2 Å². The number of benzene rings is 3. The Hall–Kier alpha value is -5.04. The van der Waals surface area contributed by atoms with Gasteiger partial charge in [-0.25, -0.2) is 14.0 Å². The highest BCUT2D eigenvalue weighted by Crippen LogP contribution is 2.34. The van der Waals surface area contributed by atoms with Crippen molar-refractivity contribution < 1.29 is 38.1 Å². The van der Waals surface area contributed by atoms with E-state index in [0.717, 1.165) is 0 Å². The third-order valence-corrected chi connectivity index (χ3v) is 7.45. The third kappa shape index (κ3) is 6.94. The molecule has 2 heterocycles. The number of halogens is 1. The average Bonchev–Trinajstić information content (AvgIpc) is 3.48. The molecule has 3 aromatic rings. The van der Waals surface area contributed by atoms with Crippen molar-refractivity contribution in [1.29, 1.82) is 0 Å². The number of aliphatic hydroxyl groups excluding tert-OH is 1. The predicted octanol–water partition coefficient (Wildman–Crippen LogP) is 4.58. The van der Waals surface area contributed by atoms with Gasteiger partial charge in [0.1, 0.15) is 17.7 Å². The number of hydrogen-bond donors (Lipinski definition) is 4. The van der Waals surface area contributed by atoms with Crippen LogP contribution < -0.4 is 30.2 Å². The molecule has 5 amide bonds. The summed E-state index contributed by atoms with van der Waals surface area (Å²) in [7, 11) is 1.61. The summed E-state index contributed by atoms with van der Waals surface area (Å²) >= 11 is 0. The van der Waals surface area contributed by atoms with Crippen LogP contribution in [0.1, 0.15) is 24.2 Å². The fourth-order valence-corrected chi connectivity index (χ4v) is 4.89.